The third kappa shape index (κ3) is 2.74. The fourth-order valence-electron chi connectivity index (χ4n) is 1.98. The van der Waals surface area contributed by atoms with Crippen molar-refractivity contribution in [3.8, 4) is 0 Å². The van der Waals surface area contributed by atoms with E-state index in [9.17, 15) is 4.39 Å². The normalized spacial score (nSPS) is 14.2. The Bertz CT molecular complexity index is 535. The predicted molar refractivity (Wildman–Crippen MR) is 70.6 cm³/mol. The van der Waals surface area contributed by atoms with Crippen molar-refractivity contribution >= 4 is 0 Å². The molecule has 0 fully saturated rings. The summed E-state index contributed by atoms with van der Waals surface area (Å²) in [5, 5.41) is 0. The van der Waals surface area contributed by atoms with Crippen molar-refractivity contribution < 1.29 is 4.39 Å². The molecule has 94 valence electrons. The Kier molecular flexibility index (Phi) is 3.43. The number of nitrogens with two attached hydrogens (primary N) is 1. The second-order valence-electron chi connectivity index (χ2n) is 4.92. The third-order valence-electron chi connectivity index (χ3n) is 3.13. The molecule has 2 aromatic rings. The summed E-state index contributed by atoms with van der Waals surface area (Å²) in [6, 6.07) is 9.02. The topological polar surface area (TPSA) is 38.9 Å². The lowest BCUT2D eigenvalue weighted by molar-refractivity contribution is 0.485. The SMILES string of the molecule is Cc1ccc(C(C)(N)Cc2cccnc2)cc1F. The van der Waals surface area contributed by atoms with Crippen LogP contribution < -0.4 is 5.73 Å². The zero-order valence-electron chi connectivity index (χ0n) is 10.7. The van der Waals surface area contributed by atoms with E-state index >= 15 is 0 Å². The van der Waals surface area contributed by atoms with Gasteiger partial charge in [-0.25, -0.2) is 4.39 Å². The summed E-state index contributed by atoms with van der Waals surface area (Å²) in [7, 11) is 0. The van der Waals surface area contributed by atoms with Crippen molar-refractivity contribution in [2.75, 3.05) is 0 Å². The number of halogens is 1. The molecule has 1 aromatic carbocycles. The van der Waals surface area contributed by atoms with E-state index < -0.39 is 5.54 Å². The van der Waals surface area contributed by atoms with E-state index in [1.54, 1.807) is 25.4 Å². The molecular weight excluding hydrogens is 227 g/mol. The third-order valence-corrected chi connectivity index (χ3v) is 3.13. The first-order chi connectivity index (χ1) is 8.49. The lowest BCUT2D eigenvalue weighted by atomic mass is 9.86. The van der Waals surface area contributed by atoms with Crippen LogP contribution in [0.25, 0.3) is 0 Å². The monoisotopic (exact) mass is 244 g/mol. The first-order valence-electron chi connectivity index (χ1n) is 5.93. The van der Waals surface area contributed by atoms with Crippen LogP contribution in [-0.2, 0) is 12.0 Å². The summed E-state index contributed by atoms with van der Waals surface area (Å²) in [5.74, 6) is -0.213. The number of nitrogens with zero attached hydrogens (tertiary/aromatic N) is 1. The van der Waals surface area contributed by atoms with Crippen molar-refractivity contribution in [2.24, 2.45) is 5.73 Å². The summed E-state index contributed by atoms with van der Waals surface area (Å²) >= 11 is 0. The molecule has 1 atom stereocenters. The molecule has 0 spiro atoms. The number of hydrogen-bond donors (Lipinski definition) is 1. The van der Waals surface area contributed by atoms with Crippen LogP contribution in [0, 0.1) is 12.7 Å². The van der Waals surface area contributed by atoms with Gasteiger partial charge in [-0.1, -0.05) is 18.2 Å². The quantitative estimate of drug-likeness (QED) is 0.901. The van der Waals surface area contributed by atoms with Gasteiger partial charge in [-0.05, 0) is 49.1 Å². The molecule has 1 unspecified atom stereocenters. The number of benzene rings is 1. The molecule has 0 bridgehead atoms. The summed E-state index contributed by atoms with van der Waals surface area (Å²) in [5.41, 5.74) is 8.18. The van der Waals surface area contributed by atoms with Crippen LogP contribution in [0.5, 0.6) is 0 Å². The van der Waals surface area contributed by atoms with Gasteiger partial charge in [0.2, 0.25) is 0 Å². The maximum atomic E-state index is 13.6. The van der Waals surface area contributed by atoms with E-state index in [4.69, 9.17) is 5.73 Å². The van der Waals surface area contributed by atoms with Gasteiger partial charge in [0.25, 0.3) is 0 Å². The van der Waals surface area contributed by atoms with Gasteiger partial charge in [0, 0.05) is 17.9 Å². The Labute approximate surface area is 107 Å². The van der Waals surface area contributed by atoms with E-state index in [2.05, 4.69) is 4.98 Å². The van der Waals surface area contributed by atoms with E-state index in [0.717, 1.165) is 11.1 Å². The van der Waals surface area contributed by atoms with Crippen LogP contribution in [0.3, 0.4) is 0 Å². The van der Waals surface area contributed by atoms with Crippen molar-refractivity contribution in [1.82, 2.24) is 4.98 Å². The number of aryl methyl sites for hydroxylation is 1. The molecule has 18 heavy (non-hydrogen) atoms. The highest BCUT2D eigenvalue weighted by molar-refractivity contribution is 5.30. The van der Waals surface area contributed by atoms with Gasteiger partial charge in [0.15, 0.2) is 0 Å². The lowest BCUT2D eigenvalue weighted by Crippen LogP contribution is -2.35. The van der Waals surface area contributed by atoms with Gasteiger partial charge >= 0.3 is 0 Å². The molecule has 0 aliphatic heterocycles. The number of hydrogen-bond acceptors (Lipinski definition) is 2. The Hall–Kier alpha value is -1.74. The van der Waals surface area contributed by atoms with Crippen LogP contribution >= 0.6 is 0 Å². The Morgan fingerprint density at radius 2 is 2.11 bits per heavy atom. The van der Waals surface area contributed by atoms with E-state index in [-0.39, 0.29) is 5.82 Å². The fourth-order valence-corrected chi connectivity index (χ4v) is 1.98. The van der Waals surface area contributed by atoms with Crippen molar-refractivity contribution in [3.05, 3.63) is 65.2 Å². The van der Waals surface area contributed by atoms with Crippen molar-refractivity contribution in [2.45, 2.75) is 25.8 Å². The molecule has 1 aromatic heterocycles. The zero-order valence-corrected chi connectivity index (χ0v) is 10.7. The van der Waals surface area contributed by atoms with E-state index in [1.807, 2.05) is 25.1 Å². The van der Waals surface area contributed by atoms with Crippen LogP contribution in [-0.4, -0.2) is 4.98 Å². The summed E-state index contributed by atoms with van der Waals surface area (Å²) in [4.78, 5) is 4.06. The highest BCUT2D eigenvalue weighted by atomic mass is 19.1. The molecule has 2 nitrogen and oxygen atoms in total. The molecular formula is C15H17FN2. The first kappa shape index (κ1) is 12.7. The lowest BCUT2D eigenvalue weighted by Gasteiger charge is -2.25. The van der Waals surface area contributed by atoms with Gasteiger partial charge in [-0.15, -0.1) is 0 Å². The average molecular weight is 244 g/mol. The summed E-state index contributed by atoms with van der Waals surface area (Å²) in [6.45, 7) is 3.65. The van der Waals surface area contributed by atoms with E-state index in [0.29, 0.717) is 12.0 Å². The van der Waals surface area contributed by atoms with Gasteiger partial charge < -0.3 is 5.73 Å². The molecule has 0 amide bonds. The highest BCUT2D eigenvalue weighted by Crippen LogP contribution is 2.24. The minimum absolute atomic E-state index is 0.213. The van der Waals surface area contributed by atoms with Gasteiger partial charge in [-0.2, -0.15) is 0 Å². The molecule has 3 heteroatoms. The van der Waals surface area contributed by atoms with Crippen LogP contribution in [0.15, 0.2) is 42.7 Å². The summed E-state index contributed by atoms with van der Waals surface area (Å²) in [6.07, 6.45) is 4.14. The minimum Gasteiger partial charge on any atom is -0.321 e. The number of aromatic nitrogens is 1. The molecule has 0 aliphatic carbocycles. The molecule has 2 N–H and O–H groups in total. The van der Waals surface area contributed by atoms with Crippen molar-refractivity contribution in [1.29, 1.82) is 0 Å². The molecule has 0 saturated heterocycles. The Morgan fingerprint density at radius 1 is 1.33 bits per heavy atom. The van der Waals surface area contributed by atoms with Gasteiger partial charge in [0.1, 0.15) is 5.82 Å². The molecule has 1 heterocycles. The molecule has 0 aliphatic rings. The molecule has 2 rings (SSSR count). The Balaban J connectivity index is 2.27. The van der Waals surface area contributed by atoms with Crippen LogP contribution in [0.4, 0.5) is 4.39 Å². The largest absolute Gasteiger partial charge is 0.321 e. The maximum absolute atomic E-state index is 13.6. The predicted octanol–water partition coefficient (Wildman–Crippen LogP) is 2.95. The van der Waals surface area contributed by atoms with Crippen molar-refractivity contribution in [3.63, 3.8) is 0 Å². The van der Waals surface area contributed by atoms with Crippen LogP contribution in [0.1, 0.15) is 23.6 Å². The second kappa shape index (κ2) is 4.86. The second-order valence-corrected chi connectivity index (χ2v) is 4.92. The standard InChI is InChI=1S/C15H17FN2/c1-11-5-6-13(8-14(11)16)15(2,17)9-12-4-3-7-18-10-12/h3-8,10H,9,17H2,1-2H3. The molecule has 0 radical (unpaired) electrons. The number of rotatable bonds is 3. The average Bonchev–Trinajstić information content (AvgIpc) is 2.33. The number of pyridine rings is 1. The summed E-state index contributed by atoms with van der Waals surface area (Å²) < 4.78 is 13.6. The fraction of sp³-hybridized carbons (Fsp3) is 0.267. The zero-order chi connectivity index (χ0) is 13.2. The van der Waals surface area contributed by atoms with Gasteiger partial charge in [-0.3, -0.25) is 4.98 Å². The smallest absolute Gasteiger partial charge is 0.126 e. The van der Waals surface area contributed by atoms with Gasteiger partial charge in [0.05, 0.1) is 0 Å². The highest BCUT2D eigenvalue weighted by Gasteiger charge is 2.22. The van der Waals surface area contributed by atoms with Crippen LogP contribution in [0.2, 0.25) is 0 Å². The maximum Gasteiger partial charge on any atom is 0.126 e. The first-order valence-corrected chi connectivity index (χ1v) is 5.93. The minimum atomic E-state index is -0.600. The van der Waals surface area contributed by atoms with E-state index in [1.165, 1.54) is 6.07 Å². The Morgan fingerprint density at radius 3 is 2.72 bits per heavy atom. The molecule has 0 saturated carbocycles.